The maximum atomic E-state index is 6.03. The Kier molecular flexibility index (Phi) is 6.71. The van der Waals surface area contributed by atoms with E-state index in [2.05, 4.69) is 39.4 Å². The van der Waals surface area contributed by atoms with Gasteiger partial charge in [-0.15, -0.1) is 0 Å². The van der Waals surface area contributed by atoms with Gasteiger partial charge in [0.05, 0.1) is 6.61 Å². The molecule has 0 radical (unpaired) electrons. The van der Waals surface area contributed by atoms with Crippen LogP contribution in [0.15, 0.2) is 46.9 Å². The molecule has 1 N–H and O–H groups in total. The fourth-order valence-electron chi connectivity index (χ4n) is 2.09. The highest BCUT2D eigenvalue weighted by atomic mass is 79.9. The lowest BCUT2D eigenvalue weighted by Gasteiger charge is -2.11. The van der Waals surface area contributed by atoms with Crippen LogP contribution in [0.5, 0.6) is 0 Å². The summed E-state index contributed by atoms with van der Waals surface area (Å²) >= 11 is 9.58. The smallest absolute Gasteiger partial charge is 0.0719 e. The Hall–Kier alpha value is -0.870. The molecule has 4 heteroatoms. The minimum Gasteiger partial charge on any atom is -0.377 e. The Labute approximate surface area is 139 Å². The molecule has 0 saturated carbocycles. The van der Waals surface area contributed by atoms with Crippen molar-refractivity contribution in [1.82, 2.24) is 5.32 Å². The molecule has 0 aliphatic carbocycles. The number of nitrogens with one attached hydrogen (secondary N) is 1. The SMILES string of the molecule is CCOCc1ccccc1CNCc1cc(Cl)ccc1Br. The molecule has 0 aliphatic rings. The largest absolute Gasteiger partial charge is 0.377 e. The Bertz CT molecular complexity index is 589. The monoisotopic (exact) mass is 367 g/mol. The van der Waals surface area contributed by atoms with Crippen molar-refractivity contribution in [2.45, 2.75) is 26.6 Å². The molecule has 112 valence electrons. The van der Waals surface area contributed by atoms with E-state index in [4.69, 9.17) is 16.3 Å². The van der Waals surface area contributed by atoms with Gasteiger partial charge in [0, 0.05) is 29.2 Å². The number of benzene rings is 2. The third-order valence-electron chi connectivity index (χ3n) is 3.22. The van der Waals surface area contributed by atoms with E-state index in [0.717, 1.165) is 34.8 Å². The van der Waals surface area contributed by atoms with Crippen LogP contribution >= 0.6 is 27.5 Å². The van der Waals surface area contributed by atoms with E-state index in [1.165, 1.54) is 11.1 Å². The topological polar surface area (TPSA) is 21.3 Å². The Morgan fingerprint density at radius 3 is 2.52 bits per heavy atom. The summed E-state index contributed by atoms with van der Waals surface area (Å²) in [4.78, 5) is 0. The van der Waals surface area contributed by atoms with E-state index in [1.807, 2.05) is 31.2 Å². The molecule has 0 unspecified atom stereocenters. The Balaban J connectivity index is 1.95. The molecule has 0 bridgehead atoms. The number of halogens is 2. The number of hydrogen-bond acceptors (Lipinski definition) is 2. The van der Waals surface area contributed by atoms with Crippen LogP contribution in [0.25, 0.3) is 0 Å². The highest BCUT2D eigenvalue weighted by Crippen LogP contribution is 2.21. The summed E-state index contributed by atoms with van der Waals surface area (Å²) in [6.45, 7) is 4.98. The van der Waals surface area contributed by atoms with Crippen molar-refractivity contribution >= 4 is 27.5 Å². The van der Waals surface area contributed by atoms with Gasteiger partial charge < -0.3 is 10.1 Å². The van der Waals surface area contributed by atoms with E-state index >= 15 is 0 Å². The third-order valence-corrected chi connectivity index (χ3v) is 4.23. The molecule has 0 fully saturated rings. The number of ether oxygens (including phenoxy) is 1. The molecule has 0 saturated heterocycles. The molecule has 0 atom stereocenters. The normalized spacial score (nSPS) is 10.8. The second-order valence-electron chi connectivity index (χ2n) is 4.75. The second kappa shape index (κ2) is 8.54. The van der Waals surface area contributed by atoms with Crippen LogP contribution in [0.2, 0.25) is 5.02 Å². The zero-order valence-electron chi connectivity index (χ0n) is 12.0. The van der Waals surface area contributed by atoms with Crippen molar-refractivity contribution in [3.8, 4) is 0 Å². The molecular weight excluding hydrogens is 350 g/mol. The van der Waals surface area contributed by atoms with E-state index in [1.54, 1.807) is 0 Å². The molecule has 2 aromatic carbocycles. The lowest BCUT2D eigenvalue weighted by molar-refractivity contribution is 0.133. The molecule has 21 heavy (non-hydrogen) atoms. The summed E-state index contributed by atoms with van der Waals surface area (Å²) in [7, 11) is 0. The summed E-state index contributed by atoms with van der Waals surface area (Å²) in [6.07, 6.45) is 0. The van der Waals surface area contributed by atoms with E-state index in [9.17, 15) is 0 Å². The fourth-order valence-corrected chi connectivity index (χ4v) is 2.67. The third kappa shape index (κ3) is 5.11. The first-order valence-corrected chi connectivity index (χ1v) is 8.17. The summed E-state index contributed by atoms with van der Waals surface area (Å²) in [5.41, 5.74) is 3.66. The molecular formula is C17H19BrClNO. The van der Waals surface area contributed by atoms with Crippen LogP contribution in [0.3, 0.4) is 0 Å². The highest BCUT2D eigenvalue weighted by Gasteiger charge is 2.04. The van der Waals surface area contributed by atoms with Crippen LogP contribution in [-0.4, -0.2) is 6.61 Å². The van der Waals surface area contributed by atoms with Crippen LogP contribution in [0.1, 0.15) is 23.6 Å². The summed E-state index contributed by atoms with van der Waals surface area (Å²) in [5.74, 6) is 0. The first-order chi connectivity index (χ1) is 10.2. The molecule has 0 heterocycles. The van der Waals surface area contributed by atoms with Gasteiger partial charge in [-0.2, -0.15) is 0 Å². The predicted molar refractivity (Wildman–Crippen MR) is 91.5 cm³/mol. The zero-order chi connectivity index (χ0) is 15.1. The van der Waals surface area contributed by atoms with Crippen molar-refractivity contribution < 1.29 is 4.74 Å². The van der Waals surface area contributed by atoms with Gasteiger partial charge in [-0.25, -0.2) is 0 Å². The maximum Gasteiger partial charge on any atom is 0.0719 e. The first-order valence-electron chi connectivity index (χ1n) is 7.00. The number of hydrogen-bond donors (Lipinski definition) is 1. The van der Waals surface area contributed by atoms with Gasteiger partial charge >= 0.3 is 0 Å². The zero-order valence-corrected chi connectivity index (χ0v) is 14.4. The van der Waals surface area contributed by atoms with Crippen molar-refractivity contribution in [3.05, 3.63) is 68.7 Å². The minimum absolute atomic E-state index is 0.662. The fraction of sp³-hybridized carbons (Fsp3) is 0.294. The van der Waals surface area contributed by atoms with E-state index in [0.29, 0.717) is 6.61 Å². The average molecular weight is 369 g/mol. The van der Waals surface area contributed by atoms with Gasteiger partial charge in [0.25, 0.3) is 0 Å². The molecule has 0 aromatic heterocycles. The van der Waals surface area contributed by atoms with Gasteiger partial charge in [0.2, 0.25) is 0 Å². The number of rotatable bonds is 7. The Morgan fingerprint density at radius 1 is 1.05 bits per heavy atom. The summed E-state index contributed by atoms with van der Waals surface area (Å²) in [6, 6.07) is 14.2. The van der Waals surface area contributed by atoms with Crippen LogP contribution < -0.4 is 5.32 Å². The van der Waals surface area contributed by atoms with Crippen molar-refractivity contribution in [3.63, 3.8) is 0 Å². The maximum absolute atomic E-state index is 6.03. The van der Waals surface area contributed by atoms with Crippen LogP contribution in [0, 0.1) is 0 Å². The van der Waals surface area contributed by atoms with Crippen LogP contribution in [-0.2, 0) is 24.4 Å². The van der Waals surface area contributed by atoms with E-state index in [-0.39, 0.29) is 0 Å². The van der Waals surface area contributed by atoms with Gasteiger partial charge in [0.1, 0.15) is 0 Å². The van der Waals surface area contributed by atoms with Crippen molar-refractivity contribution in [2.75, 3.05) is 6.61 Å². The quantitative estimate of drug-likeness (QED) is 0.748. The summed E-state index contributed by atoms with van der Waals surface area (Å²) in [5, 5.41) is 4.21. The predicted octanol–water partition coefficient (Wildman–Crippen LogP) is 4.93. The van der Waals surface area contributed by atoms with E-state index < -0.39 is 0 Å². The van der Waals surface area contributed by atoms with Gasteiger partial charge in [-0.05, 0) is 41.8 Å². The average Bonchev–Trinajstić information content (AvgIpc) is 2.50. The van der Waals surface area contributed by atoms with Crippen LogP contribution in [0.4, 0.5) is 0 Å². The molecule has 0 aliphatic heterocycles. The standard InChI is InChI=1S/C17H19BrClNO/c1-2-21-12-14-6-4-3-5-13(14)10-20-11-15-9-16(19)7-8-17(15)18/h3-9,20H,2,10-12H2,1H3. The minimum atomic E-state index is 0.662. The lowest BCUT2D eigenvalue weighted by atomic mass is 10.1. The lowest BCUT2D eigenvalue weighted by Crippen LogP contribution is -2.14. The molecule has 2 rings (SSSR count). The molecule has 2 aromatic rings. The van der Waals surface area contributed by atoms with Gasteiger partial charge in [0.15, 0.2) is 0 Å². The Morgan fingerprint density at radius 2 is 1.76 bits per heavy atom. The highest BCUT2D eigenvalue weighted by molar-refractivity contribution is 9.10. The van der Waals surface area contributed by atoms with Crippen molar-refractivity contribution in [1.29, 1.82) is 0 Å². The molecule has 2 nitrogen and oxygen atoms in total. The summed E-state index contributed by atoms with van der Waals surface area (Å²) < 4.78 is 6.58. The second-order valence-corrected chi connectivity index (χ2v) is 6.04. The molecule has 0 amide bonds. The van der Waals surface area contributed by atoms with Gasteiger partial charge in [-0.3, -0.25) is 0 Å². The van der Waals surface area contributed by atoms with Crippen molar-refractivity contribution in [2.24, 2.45) is 0 Å². The molecule has 0 spiro atoms. The first kappa shape index (κ1) is 16.5. The van der Waals surface area contributed by atoms with Gasteiger partial charge in [-0.1, -0.05) is 51.8 Å².